The standard InChI is InChI=1S/C25H22O8/c1-17-8-12-21(13-9-17)32-25(28)33-22-14-10-19(11-15-22)16-29-23(26)18(2)30-24(27)31-20-6-4-3-5-7-20/h3-15,18H,16H2,1-2H3. The van der Waals surface area contributed by atoms with E-state index in [4.69, 9.17) is 23.7 Å². The number of hydrogen-bond donors (Lipinski definition) is 0. The summed E-state index contributed by atoms with van der Waals surface area (Å²) in [6, 6.07) is 21.6. The quantitative estimate of drug-likeness (QED) is 0.357. The first-order chi connectivity index (χ1) is 15.9. The molecule has 0 heterocycles. The minimum atomic E-state index is -1.15. The van der Waals surface area contributed by atoms with Crippen LogP contribution >= 0.6 is 0 Å². The highest BCUT2D eigenvalue weighted by Crippen LogP contribution is 2.17. The molecule has 0 bridgehead atoms. The van der Waals surface area contributed by atoms with Gasteiger partial charge < -0.3 is 23.7 Å². The molecule has 0 aromatic heterocycles. The minimum Gasteiger partial charge on any atom is -0.458 e. The molecule has 0 spiro atoms. The predicted molar refractivity (Wildman–Crippen MR) is 117 cm³/mol. The van der Waals surface area contributed by atoms with Crippen LogP contribution in [0.1, 0.15) is 18.1 Å². The van der Waals surface area contributed by atoms with E-state index in [1.165, 1.54) is 19.1 Å². The van der Waals surface area contributed by atoms with Gasteiger partial charge in [0.15, 0.2) is 6.10 Å². The van der Waals surface area contributed by atoms with E-state index in [0.29, 0.717) is 17.1 Å². The lowest BCUT2D eigenvalue weighted by molar-refractivity contribution is -0.154. The van der Waals surface area contributed by atoms with Gasteiger partial charge in [0.25, 0.3) is 0 Å². The molecule has 0 radical (unpaired) electrons. The third-order valence-electron chi connectivity index (χ3n) is 4.28. The van der Waals surface area contributed by atoms with Gasteiger partial charge in [-0.2, -0.15) is 0 Å². The SMILES string of the molecule is Cc1ccc(OC(=O)Oc2ccc(COC(=O)C(C)OC(=O)Oc3ccccc3)cc2)cc1. The molecule has 0 N–H and O–H groups in total. The Morgan fingerprint density at radius 2 is 1.21 bits per heavy atom. The molecule has 3 aromatic carbocycles. The van der Waals surface area contributed by atoms with E-state index < -0.39 is 24.4 Å². The highest BCUT2D eigenvalue weighted by atomic mass is 16.7. The fourth-order valence-corrected chi connectivity index (χ4v) is 2.55. The number of rotatable bonds is 7. The van der Waals surface area contributed by atoms with Crippen LogP contribution in [0.25, 0.3) is 0 Å². The van der Waals surface area contributed by atoms with E-state index in [0.717, 1.165) is 5.56 Å². The summed E-state index contributed by atoms with van der Waals surface area (Å²) in [4.78, 5) is 35.7. The average molecular weight is 450 g/mol. The van der Waals surface area contributed by atoms with E-state index in [-0.39, 0.29) is 12.4 Å². The van der Waals surface area contributed by atoms with Crippen molar-refractivity contribution in [3.63, 3.8) is 0 Å². The van der Waals surface area contributed by atoms with E-state index in [1.54, 1.807) is 54.6 Å². The lowest BCUT2D eigenvalue weighted by atomic mass is 10.2. The summed E-state index contributed by atoms with van der Waals surface area (Å²) in [7, 11) is 0. The number of hydrogen-bond acceptors (Lipinski definition) is 8. The molecule has 0 fully saturated rings. The van der Waals surface area contributed by atoms with Gasteiger partial charge in [0.05, 0.1) is 0 Å². The zero-order valence-corrected chi connectivity index (χ0v) is 18.1. The summed E-state index contributed by atoms with van der Waals surface area (Å²) >= 11 is 0. The second-order valence-corrected chi connectivity index (χ2v) is 6.94. The molecule has 0 amide bonds. The van der Waals surface area contributed by atoms with Crippen LogP contribution in [0.15, 0.2) is 78.9 Å². The number of esters is 1. The molecule has 3 aromatic rings. The molecule has 8 nitrogen and oxygen atoms in total. The van der Waals surface area contributed by atoms with Gasteiger partial charge in [-0.25, -0.2) is 14.4 Å². The van der Waals surface area contributed by atoms with Gasteiger partial charge in [0.1, 0.15) is 23.9 Å². The van der Waals surface area contributed by atoms with Gasteiger partial charge in [0, 0.05) is 0 Å². The lowest BCUT2D eigenvalue weighted by Crippen LogP contribution is -2.27. The molecule has 0 saturated carbocycles. The maximum absolute atomic E-state index is 12.1. The van der Waals surface area contributed by atoms with Gasteiger partial charge in [-0.15, -0.1) is 0 Å². The molecule has 8 heteroatoms. The third-order valence-corrected chi connectivity index (χ3v) is 4.28. The van der Waals surface area contributed by atoms with E-state index >= 15 is 0 Å². The number of para-hydroxylation sites is 1. The van der Waals surface area contributed by atoms with Crippen molar-refractivity contribution in [2.24, 2.45) is 0 Å². The van der Waals surface area contributed by atoms with Crippen LogP contribution in [-0.4, -0.2) is 24.4 Å². The Bertz CT molecular complexity index is 1080. The number of benzene rings is 3. The van der Waals surface area contributed by atoms with Crippen LogP contribution < -0.4 is 14.2 Å². The molecule has 1 unspecified atom stereocenters. The molecule has 0 aliphatic heterocycles. The first-order valence-electron chi connectivity index (χ1n) is 10.0. The Labute approximate surface area is 190 Å². The Morgan fingerprint density at radius 1 is 0.697 bits per heavy atom. The first kappa shape index (κ1) is 23.3. The molecule has 170 valence electrons. The maximum Gasteiger partial charge on any atom is 0.519 e. The number of ether oxygens (including phenoxy) is 5. The van der Waals surface area contributed by atoms with Crippen molar-refractivity contribution >= 4 is 18.3 Å². The molecule has 33 heavy (non-hydrogen) atoms. The molecule has 0 saturated heterocycles. The monoisotopic (exact) mass is 450 g/mol. The Balaban J connectivity index is 1.41. The second kappa shape index (κ2) is 11.3. The van der Waals surface area contributed by atoms with Gasteiger partial charge in [0.2, 0.25) is 0 Å². The summed E-state index contributed by atoms with van der Waals surface area (Å²) in [6.45, 7) is 3.24. The Kier molecular flexibility index (Phi) is 8.02. The Morgan fingerprint density at radius 3 is 1.82 bits per heavy atom. The van der Waals surface area contributed by atoms with E-state index in [1.807, 2.05) is 19.1 Å². The molecule has 3 rings (SSSR count). The van der Waals surface area contributed by atoms with Crippen LogP contribution in [-0.2, 0) is 20.9 Å². The van der Waals surface area contributed by atoms with E-state index in [9.17, 15) is 14.4 Å². The zero-order chi connectivity index (χ0) is 23.6. The first-order valence-corrected chi connectivity index (χ1v) is 10.0. The van der Waals surface area contributed by atoms with Crippen molar-refractivity contribution in [1.29, 1.82) is 0 Å². The van der Waals surface area contributed by atoms with Crippen molar-refractivity contribution in [3.8, 4) is 17.2 Å². The lowest BCUT2D eigenvalue weighted by Gasteiger charge is -2.13. The molecular weight excluding hydrogens is 428 g/mol. The topological polar surface area (TPSA) is 97.4 Å². The van der Waals surface area contributed by atoms with Gasteiger partial charge >= 0.3 is 18.3 Å². The van der Waals surface area contributed by atoms with Crippen LogP contribution in [0, 0.1) is 6.92 Å². The van der Waals surface area contributed by atoms with Gasteiger partial charge in [-0.3, -0.25) is 0 Å². The van der Waals surface area contributed by atoms with Crippen molar-refractivity contribution in [3.05, 3.63) is 90.0 Å². The van der Waals surface area contributed by atoms with Gasteiger partial charge in [-0.1, -0.05) is 48.0 Å². The number of aryl methyl sites for hydroxylation is 1. The fraction of sp³-hybridized carbons (Fsp3) is 0.160. The summed E-state index contributed by atoms with van der Waals surface area (Å²) < 4.78 is 25.2. The molecular formula is C25H22O8. The van der Waals surface area contributed by atoms with Crippen molar-refractivity contribution in [2.75, 3.05) is 0 Å². The predicted octanol–water partition coefficient (Wildman–Crippen LogP) is 5.22. The van der Waals surface area contributed by atoms with Crippen LogP contribution in [0.3, 0.4) is 0 Å². The van der Waals surface area contributed by atoms with Gasteiger partial charge in [-0.05, 0) is 55.8 Å². The largest absolute Gasteiger partial charge is 0.519 e. The fourth-order valence-electron chi connectivity index (χ4n) is 2.55. The molecule has 0 aliphatic carbocycles. The zero-order valence-electron chi connectivity index (χ0n) is 18.1. The molecule has 0 aliphatic rings. The normalized spacial score (nSPS) is 11.1. The summed E-state index contributed by atoms with van der Waals surface area (Å²) in [5.41, 5.74) is 1.68. The van der Waals surface area contributed by atoms with Crippen LogP contribution in [0.5, 0.6) is 17.2 Å². The summed E-state index contributed by atoms with van der Waals surface area (Å²) in [5.74, 6) is 0.204. The number of carbonyl (C=O) groups is 3. The maximum atomic E-state index is 12.1. The smallest absolute Gasteiger partial charge is 0.458 e. The molecule has 1 atom stereocenters. The van der Waals surface area contributed by atoms with Crippen molar-refractivity contribution in [1.82, 2.24) is 0 Å². The third kappa shape index (κ3) is 7.70. The average Bonchev–Trinajstić information content (AvgIpc) is 2.80. The second-order valence-electron chi connectivity index (χ2n) is 6.94. The Hall–Kier alpha value is -4.33. The summed E-state index contributed by atoms with van der Waals surface area (Å²) in [5, 5.41) is 0. The van der Waals surface area contributed by atoms with Crippen molar-refractivity contribution < 1.29 is 38.1 Å². The van der Waals surface area contributed by atoms with Crippen LogP contribution in [0.2, 0.25) is 0 Å². The number of carbonyl (C=O) groups excluding carboxylic acids is 3. The highest BCUT2D eigenvalue weighted by molar-refractivity contribution is 5.77. The van der Waals surface area contributed by atoms with Crippen LogP contribution in [0.4, 0.5) is 9.59 Å². The summed E-state index contributed by atoms with van der Waals surface area (Å²) in [6.07, 6.45) is -3.03. The van der Waals surface area contributed by atoms with E-state index in [2.05, 4.69) is 0 Å². The highest BCUT2D eigenvalue weighted by Gasteiger charge is 2.21. The minimum absolute atomic E-state index is 0.0612. The van der Waals surface area contributed by atoms with Crippen molar-refractivity contribution in [2.45, 2.75) is 26.6 Å².